The van der Waals surface area contributed by atoms with Gasteiger partial charge in [0.1, 0.15) is 11.0 Å². The smallest absolute Gasteiger partial charge is 0.254 e. The van der Waals surface area contributed by atoms with Crippen LogP contribution in [0.2, 0.25) is 5.15 Å². The van der Waals surface area contributed by atoms with Gasteiger partial charge in [0, 0.05) is 25.2 Å². The molecule has 1 saturated heterocycles. The minimum absolute atomic E-state index is 0.112. The van der Waals surface area contributed by atoms with Gasteiger partial charge < -0.3 is 15.3 Å². The fourth-order valence-corrected chi connectivity index (χ4v) is 2.52. The van der Waals surface area contributed by atoms with E-state index in [4.69, 9.17) is 11.6 Å². The number of nitrogens with one attached hydrogen (secondary N) is 1. The topological polar surface area (TPSA) is 65.5 Å². The molecule has 1 fully saturated rings. The number of carbonyl (C=O) groups is 1. The van der Waals surface area contributed by atoms with E-state index in [2.05, 4.69) is 10.3 Å². The Balaban J connectivity index is 2.16. The van der Waals surface area contributed by atoms with Crippen molar-refractivity contribution in [3.63, 3.8) is 0 Å². The summed E-state index contributed by atoms with van der Waals surface area (Å²) in [5, 5.41) is 13.2. The van der Waals surface area contributed by atoms with Crippen LogP contribution in [0.4, 0.5) is 5.82 Å². The summed E-state index contributed by atoms with van der Waals surface area (Å²) < 4.78 is 0. The lowest BCUT2D eigenvalue weighted by Crippen LogP contribution is -2.45. The van der Waals surface area contributed by atoms with E-state index in [-0.39, 0.29) is 17.0 Å². The molecule has 1 aromatic heterocycles. The Morgan fingerprint density at radius 1 is 1.60 bits per heavy atom. The molecule has 6 heteroatoms. The molecule has 2 atom stereocenters. The van der Waals surface area contributed by atoms with Crippen LogP contribution in [-0.2, 0) is 0 Å². The molecule has 0 saturated carbocycles. The summed E-state index contributed by atoms with van der Waals surface area (Å²) in [4.78, 5) is 18.2. The van der Waals surface area contributed by atoms with Gasteiger partial charge in [0.25, 0.3) is 5.91 Å². The Kier molecular flexibility index (Phi) is 4.83. The van der Waals surface area contributed by atoms with Gasteiger partial charge in [0.05, 0.1) is 6.10 Å². The monoisotopic (exact) mass is 297 g/mol. The SMILES string of the molecule is CCNc1cc(C(=O)N2CCC(C)C(O)C2)cc(Cl)n1. The molecule has 2 N–H and O–H groups in total. The van der Waals surface area contributed by atoms with E-state index in [0.717, 1.165) is 6.42 Å². The zero-order valence-electron chi connectivity index (χ0n) is 11.8. The van der Waals surface area contributed by atoms with Crippen molar-refractivity contribution in [2.75, 3.05) is 25.0 Å². The molecule has 0 aliphatic carbocycles. The van der Waals surface area contributed by atoms with Crippen LogP contribution in [-0.4, -0.2) is 46.6 Å². The molecule has 2 heterocycles. The van der Waals surface area contributed by atoms with Gasteiger partial charge in [0.2, 0.25) is 0 Å². The van der Waals surface area contributed by atoms with Gasteiger partial charge in [-0.1, -0.05) is 18.5 Å². The number of carbonyl (C=O) groups excluding carboxylic acids is 1. The third kappa shape index (κ3) is 3.41. The first-order valence-electron chi connectivity index (χ1n) is 6.90. The summed E-state index contributed by atoms with van der Waals surface area (Å²) in [6.45, 7) is 5.69. The van der Waals surface area contributed by atoms with Gasteiger partial charge in [-0.2, -0.15) is 0 Å². The number of hydrogen-bond donors (Lipinski definition) is 2. The van der Waals surface area contributed by atoms with Gasteiger partial charge in [-0.3, -0.25) is 4.79 Å². The van der Waals surface area contributed by atoms with Gasteiger partial charge in [-0.05, 0) is 31.4 Å². The number of likely N-dealkylation sites (tertiary alicyclic amines) is 1. The average Bonchev–Trinajstić information content (AvgIpc) is 2.41. The van der Waals surface area contributed by atoms with Crippen LogP contribution >= 0.6 is 11.6 Å². The molecule has 20 heavy (non-hydrogen) atoms. The largest absolute Gasteiger partial charge is 0.391 e. The highest BCUT2D eigenvalue weighted by molar-refractivity contribution is 6.29. The number of piperidine rings is 1. The average molecular weight is 298 g/mol. The van der Waals surface area contributed by atoms with Crippen molar-refractivity contribution in [2.24, 2.45) is 5.92 Å². The first-order chi connectivity index (χ1) is 9.51. The highest BCUT2D eigenvalue weighted by Gasteiger charge is 2.28. The predicted octanol–water partition coefficient (Wildman–Crippen LogP) is 2.01. The van der Waals surface area contributed by atoms with Gasteiger partial charge >= 0.3 is 0 Å². The number of amides is 1. The second kappa shape index (κ2) is 6.41. The van der Waals surface area contributed by atoms with Crippen LogP contribution in [0.25, 0.3) is 0 Å². The third-order valence-electron chi connectivity index (χ3n) is 3.60. The zero-order chi connectivity index (χ0) is 14.7. The van der Waals surface area contributed by atoms with Crippen LogP contribution in [0.1, 0.15) is 30.6 Å². The lowest BCUT2D eigenvalue weighted by atomic mass is 9.95. The van der Waals surface area contributed by atoms with Crippen molar-refractivity contribution in [2.45, 2.75) is 26.4 Å². The van der Waals surface area contributed by atoms with E-state index >= 15 is 0 Å². The molecule has 1 aromatic rings. The predicted molar refractivity (Wildman–Crippen MR) is 79.1 cm³/mol. The van der Waals surface area contributed by atoms with Crippen LogP contribution in [0.3, 0.4) is 0 Å². The van der Waals surface area contributed by atoms with Crippen LogP contribution < -0.4 is 5.32 Å². The number of β-amino-alcohol motifs (C(OH)–C–C–N with tert-alkyl or cyclic N) is 1. The number of halogens is 1. The summed E-state index contributed by atoms with van der Waals surface area (Å²) in [6, 6.07) is 3.26. The summed E-state index contributed by atoms with van der Waals surface area (Å²) in [6.07, 6.45) is 0.351. The second-order valence-corrected chi connectivity index (χ2v) is 5.57. The van der Waals surface area contributed by atoms with Crippen LogP contribution in [0.5, 0.6) is 0 Å². The number of aliphatic hydroxyl groups excluding tert-OH is 1. The first kappa shape index (κ1) is 15.1. The van der Waals surface area contributed by atoms with E-state index < -0.39 is 6.10 Å². The maximum Gasteiger partial charge on any atom is 0.254 e. The molecule has 0 bridgehead atoms. The highest BCUT2D eigenvalue weighted by atomic mass is 35.5. The van der Waals surface area contributed by atoms with E-state index in [1.54, 1.807) is 17.0 Å². The molecule has 2 rings (SSSR count). The van der Waals surface area contributed by atoms with Crippen LogP contribution in [0.15, 0.2) is 12.1 Å². The van der Waals surface area contributed by atoms with E-state index in [1.807, 2.05) is 13.8 Å². The van der Waals surface area contributed by atoms with Crippen molar-refractivity contribution in [3.05, 3.63) is 22.8 Å². The number of rotatable bonds is 3. The molecular weight excluding hydrogens is 278 g/mol. The minimum Gasteiger partial charge on any atom is -0.391 e. The third-order valence-corrected chi connectivity index (χ3v) is 3.80. The highest BCUT2D eigenvalue weighted by Crippen LogP contribution is 2.21. The Morgan fingerprint density at radius 2 is 2.35 bits per heavy atom. The number of pyridine rings is 1. The lowest BCUT2D eigenvalue weighted by molar-refractivity contribution is 0.0248. The number of nitrogens with zero attached hydrogens (tertiary/aromatic N) is 2. The van der Waals surface area contributed by atoms with Crippen molar-refractivity contribution in [1.29, 1.82) is 0 Å². The molecule has 2 unspecified atom stereocenters. The second-order valence-electron chi connectivity index (χ2n) is 5.18. The number of anilines is 1. The quantitative estimate of drug-likeness (QED) is 0.838. The molecule has 1 aliphatic heterocycles. The Labute approximate surface area is 123 Å². The summed E-state index contributed by atoms with van der Waals surface area (Å²) in [5.74, 6) is 0.714. The van der Waals surface area contributed by atoms with Crippen molar-refractivity contribution in [3.8, 4) is 0 Å². The van der Waals surface area contributed by atoms with E-state index in [1.165, 1.54) is 0 Å². The van der Waals surface area contributed by atoms with Crippen molar-refractivity contribution >= 4 is 23.3 Å². The standard InChI is InChI=1S/C14H20ClN3O2/c1-3-16-13-7-10(6-12(15)17-13)14(20)18-5-4-9(2)11(19)8-18/h6-7,9,11,19H,3-5,8H2,1-2H3,(H,16,17). The fraction of sp³-hybridized carbons (Fsp3) is 0.571. The minimum atomic E-state index is -0.460. The Bertz CT molecular complexity index is 495. The molecule has 110 valence electrons. The summed E-state index contributed by atoms with van der Waals surface area (Å²) in [7, 11) is 0. The van der Waals surface area contributed by atoms with Crippen molar-refractivity contribution in [1.82, 2.24) is 9.88 Å². The fourth-order valence-electron chi connectivity index (χ4n) is 2.31. The maximum atomic E-state index is 12.5. The van der Waals surface area contributed by atoms with Crippen molar-refractivity contribution < 1.29 is 9.90 Å². The van der Waals surface area contributed by atoms with Gasteiger partial charge in [0.15, 0.2) is 0 Å². The number of hydrogen-bond acceptors (Lipinski definition) is 4. The normalized spacial score (nSPS) is 22.7. The Morgan fingerprint density at radius 3 is 3.00 bits per heavy atom. The lowest BCUT2D eigenvalue weighted by Gasteiger charge is -2.34. The molecule has 1 aliphatic rings. The molecule has 0 spiro atoms. The van der Waals surface area contributed by atoms with Crippen LogP contribution in [0, 0.1) is 5.92 Å². The van der Waals surface area contributed by atoms with Gasteiger partial charge in [-0.15, -0.1) is 0 Å². The number of aliphatic hydroxyl groups is 1. The number of aromatic nitrogens is 1. The van der Waals surface area contributed by atoms with E-state index in [0.29, 0.717) is 31.0 Å². The Hall–Kier alpha value is -1.33. The summed E-state index contributed by atoms with van der Waals surface area (Å²) in [5.41, 5.74) is 0.503. The first-order valence-corrected chi connectivity index (χ1v) is 7.28. The maximum absolute atomic E-state index is 12.5. The summed E-state index contributed by atoms with van der Waals surface area (Å²) >= 11 is 5.95. The molecule has 0 radical (unpaired) electrons. The molecule has 5 nitrogen and oxygen atoms in total. The van der Waals surface area contributed by atoms with E-state index in [9.17, 15) is 9.90 Å². The van der Waals surface area contributed by atoms with Gasteiger partial charge in [-0.25, -0.2) is 4.98 Å². The molecule has 0 aromatic carbocycles. The molecule has 1 amide bonds. The zero-order valence-corrected chi connectivity index (χ0v) is 12.5. The molecular formula is C14H20ClN3O2.